The topological polar surface area (TPSA) is 74.6 Å². The van der Waals surface area contributed by atoms with Crippen molar-refractivity contribution in [2.75, 3.05) is 0 Å². The third-order valence-corrected chi connectivity index (χ3v) is 6.34. The number of carboxylic acid groups (broad SMARTS) is 1. The highest BCUT2D eigenvalue weighted by Crippen LogP contribution is 2.72. The molecule has 0 aliphatic heterocycles. The summed E-state index contributed by atoms with van der Waals surface area (Å²) in [7, 11) is 0. The van der Waals surface area contributed by atoms with E-state index in [2.05, 4.69) is 13.8 Å². The standard InChI is InChI=1S/C15H22O4/c1-7-10(16)4-8-12-11(17)5-9(13(18)19)15(7,8)6-14(12,2)3/h7-9,11-12,17H,4-6H2,1-3H3,(H,18,19)/t7-,8-,9-,11-,12+,15+/m1/s1. The van der Waals surface area contributed by atoms with Crippen molar-refractivity contribution in [3.05, 3.63) is 0 Å². The second-order valence-corrected chi connectivity index (χ2v) is 7.50. The molecule has 3 aliphatic carbocycles. The molecule has 0 radical (unpaired) electrons. The molecule has 19 heavy (non-hydrogen) atoms. The molecule has 0 aromatic rings. The maximum Gasteiger partial charge on any atom is 0.307 e. The van der Waals surface area contributed by atoms with Crippen LogP contribution < -0.4 is 0 Å². The molecule has 0 aromatic heterocycles. The number of hydrogen-bond donors (Lipinski definition) is 2. The number of aliphatic hydroxyl groups excluding tert-OH is 1. The summed E-state index contributed by atoms with van der Waals surface area (Å²) in [5.41, 5.74) is -0.500. The lowest BCUT2D eigenvalue weighted by molar-refractivity contribution is -0.156. The molecule has 2 N–H and O–H groups in total. The molecule has 3 fully saturated rings. The molecule has 4 heteroatoms. The first kappa shape index (κ1) is 13.1. The van der Waals surface area contributed by atoms with Crippen molar-refractivity contribution in [2.45, 2.75) is 46.1 Å². The fourth-order valence-electron chi connectivity index (χ4n) is 5.81. The first-order valence-corrected chi connectivity index (χ1v) is 7.15. The Morgan fingerprint density at radius 3 is 2.58 bits per heavy atom. The fourth-order valence-corrected chi connectivity index (χ4v) is 5.81. The van der Waals surface area contributed by atoms with Gasteiger partial charge in [0.25, 0.3) is 0 Å². The molecule has 0 spiro atoms. The van der Waals surface area contributed by atoms with Gasteiger partial charge in [-0.1, -0.05) is 20.8 Å². The normalized spacial score (nSPS) is 51.2. The van der Waals surface area contributed by atoms with Crippen molar-refractivity contribution in [2.24, 2.45) is 34.5 Å². The molecule has 3 aliphatic rings. The third-order valence-electron chi connectivity index (χ3n) is 6.34. The molecule has 0 unspecified atom stereocenters. The van der Waals surface area contributed by atoms with Gasteiger partial charge in [0.15, 0.2) is 0 Å². The van der Waals surface area contributed by atoms with Crippen LogP contribution in [0.3, 0.4) is 0 Å². The Morgan fingerprint density at radius 1 is 1.37 bits per heavy atom. The van der Waals surface area contributed by atoms with E-state index in [1.54, 1.807) is 0 Å². The lowest BCUT2D eigenvalue weighted by Gasteiger charge is -2.45. The van der Waals surface area contributed by atoms with Gasteiger partial charge < -0.3 is 10.2 Å². The summed E-state index contributed by atoms with van der Waals surface area (Å²) >= 11 is 0. The highest BCUT2D eigenvalue weighted by Gasteiger charge is 2.72. The molecule has 3 rings (SSSR count). The zero-order chi connectivity index (χ0) is 14.2. The van der Waals surface area contributed by atoms with Crippen LogP contribution in [0.25, 0.3) is 0 Å². The van der Waals surface area contributed by atoms with Gasteiger partial charge >= 0.3 is 5.97 Å². The highest BCUT2D eigenvalue weighted by molar-refractivity contribution is 5.87. The summed E-state index contributed by atoms with van der Waals surface area (Å²) < 4.78 is 0. The Hall–Kier alpha value is -0.900. The van der Waals surface area contributed by atoms with Crippen LogP contribution in [-0.4, -0.2) is 28.1 Å². The third kappa shape index (κ3) is 1.38. The van der Waals surface area contributed by atoms with Crippen molar-refractivity contribution >= 4 is 11.8 Å². The summed E-state index contributed by atoms with van der Waals surface area (Å²) in [6.45, 7) is 6.12. The maximum absolute atomic E-state index is 12.1. The molecule has 3 saturated carbocycles. The SMILES string of the molecule is C[C@@H]1C(=O)C[C@@H]2[C@H]3[C@H](O)C[C@H](C(=O)O)[C@@]12CC3(C)C. The number of Topliss-reactive ketones (excluding diaryl/α,β-unsaturated/α-hetero) is 1. The quantitative estimate of drug-likeness (QED) is 0.757. The molecule has 4 nitrogen and oxygen atoms in total. The van der Waals surface area contributed by atoms with Gasteiger partial charge in [-0.15, -0.1) is 0 Å². The van der Waals surface area contributed by atoms with Gasteiger partial charge in [-0.25, -0.2) is 0 Å². The predicted octanol–water partition coefficient (Wildman–Crippen LogP) is 1.71. The number of aliphatic hydroxyl groups is 1. The number of carboxylic acids is 1. The number of ketones is 1. The largest absolute Gasteiger partial charge is 0.481 e. The number of aliphatic carboxylic acids is 1. The number of rotatable bonds is 1. The second kappa shape index (κ2) is 3.60. The Balaban J connectivity index is 2.16. The van der Waals surface area contributed by atoms with Crippen LogP contribution in [0.1, 0.15) is 40.0 Å². The van der Waals surface area contributed by atoms with Gasteiger partial charge in [0, 0.05) is 12.3 Å². The molecule has 6 atom stereocenters. The van der Waals surface area contributed by atoms with Crippen molar-refractivity contribution in [1.29, 1.82) is 0 Å². The maximum atomic E-state index is 12.1. The highest BCUT2D eigenvalue weighted by atomic mass is 16.4. The van der Waals surface area contributed by atoms with Gasteiger partial charge in [0.1, 0.15) is 5.78 Å². The van der Waals surface area contributed by atoms with E-state index < -0.39 is 23.4 Å². The lowest BCUT2D eigenvalue weighted by Crippen LogP contribution is -2.48. The van der Waals surface area contributed by atoms with Crippen LogP contribution in [0.15, 0.2) is 0 Å². The van der Waals surface area contributed by atoms with E-state index in [4.69, 9.17) is 0 Å². The number of carbonyl (C=O) groups excluding carboxylic acids is 1. The number of carbonyl (C=O) groups is 2. The smallest absolute Gasteiger partial charge is 0.307 e. The molecule has 0 aromatic carbocycles. The van der Waals surface area contributed by atoms with Crippen LogP contribution in [0.2, 0.25) is 0 Å². The van der Waals surface area contributed by atoms with Gasteiger partial charge in [-0.2, -0.15) is 0 Å². The van der Waals surface area contributed by atoms with Crippen LogP contribution in [0.5, 0.6) is 0 Å². The Labute approximate surface area is 113 Å². The van der Waals surface area contributed by atoms with E-state index in [0.717, 1.165) is 6.42 Å². The van der Waals surface area contributed by atoms with Gasteiger partial charge in [-0.05, 0) is 35.5 Å². The van der Waals surface area contributed by atoms with E-state index in [9.17, 15) is 19.8 Å². The van der Waals surface area contributed by atoms with E-state index in [1.807, 2.05) is 6.92 Å². The minimum Gasteiger partial charge on any atom is -0.481 e. The molecule has 0 heterocycles. The minimum atomic E-state index is -0.846. The van der Waals surface area contributed by atoms with Crippen molar-refractivity contribution in [1.82, 2.24) is 0 Å². The molecular formula is C15H22O4. The van der Waals surface area contributed by atoms with Gasteiger partial charge in [0.05, 0.1) is 12.0 Å². The van der Waals surface area contributed by atoms with E-state index >= 15 is 0 Å². The lowest BCUT2D eigenvalue weighted by atomic mass is 9.59. The molecular weight excluding hydrogens is 244 g/mol. The Morgan fingerprint density at radius 2 is 2.00 bits per heavy atom. The summed E-state index contributed by atoms with van der Waals surface area (Å²) in [4.78, 5) is 23.8. The average molecular weight is 266 g/mol. The Kier molecular flexibility index (Phi) is 2.48. The first-order valence-electron chi connectivity index (χ1n) is 7.15. The monoisotopic (exact) mass is 266 g/mol. The zero-order valence-corrected chi connectivity index (χ0v) is 11.7. The second-order valence-electron chi connectivity index (χ2n) is 7.50. The minimum absolute atomic E-state index is 0.0508. The van der Waals surface area contributed by atoms with Crippen LogP contribution in [0.4, 0.5) is 0 Å². The van der Waals surface area contributed by atoms with E-state index in [-0.39, 0.29) is 29.0 Å². The molecule has 106 valence electrons. The van der Waals surface area contributed by atoms with Crippen LogP contribution in [-0.2, 0) is 9.59 Å². The predicted molar refractivity (Wildman–Crippen MR) is 68.3 cm³/mol. The van der Waals surface area contributed by atoms with Crippen LogP contribution >= 0.6 is 0 Å². The van der Waals surface area contributed by atoms with Gasteiger partial charge in [0.2, 0.25) is 0 Å². The van der Waals surface area contributed by atoms with E-state index in [1.165, 1.54) is 0 Å². The summed E-state index contributed by atoms with van der Waals surface area (Å²) in [5, 5.41) is 20.0. The summed E-state index contributed by atoms with van der Waals surface area (Å²) in [6.07, 6.45) is 0.916. The van der Waals surface area contributed by atoms with Crippen molar-refractivity contribution < 1.29 is 19.8 Å². The van der Waals surface area contributed by atoms with E-state index in [0.29, 0.717) is 12.8 Å². The zero-order valence-electron chi connectivity index (χ0n) is 11.7. The first-order chi connectivity index (χ1) is 8.71. The van der Waals surface area contributed by atoms with Gasteiger partial charge in [-0.3, -0.25) is 9.59 Å². The fraction of sp³-hybridized carbons (Fsp3) is 0.867. The van der Waals surface area contributed by atoms with Crippen molar-refractivity contribution in [3.8, 4) is 0 Å². The summed E-state index contributed by atoms with van der Waals surface area (Å²) in [5.74, 6) is -1.30. The summed E-state index contributed by atoms with van der Waals surface area (Å²) in [6, 6.07) is 0. The molecule has 2 bridgehead atoms. The number of hydrogen-bond acceptors (Lipinski definition) is 3. The average Bonchev–Trinajstić information content (AvgIpc) is 2.61. The molecule has 0 saturated heterocycles. The molecule has 0 amide bonds. The van der Waals surface area contributed by atoms with Crippen LogP contribution in [0, 0.1) is 34.5 Å². The Bertz CT molecular complexity index is 455. The van der Waals surface area contributed by atoms with Crippen molar-refractivity contribution in [3.63, 3.8) is 0 Å².